The van der Waals surface area contributed by atoms with Crippen molar-refractivity contribution in [2.75, 3.05) is 13.2 Å². The number of esters is 1. The van der Waals surface area contributed by atoms with Gasteiger partial charge >= 0.3 is 12.0 Å². The monoisotopic (exact) mass is 372 g/mol. The molecule has 0 saturated carbocycles. The van der Waals surface area contributed by atoms with Gasteiger partial charge in [0, 0.05) is 10.5 Å². The molecule has 0 saturated heterocycles. The van der Waals surface area contributed by atoms with Gasteiger partial charge < -0.3 is 14.8 Å². The van der Waals surface area contributed by atoms with Gasteiger partial charge in [0.2, 0.25) is 0 Å². The van der Waals surface area contributed by atoms with Crippen LogP contribution >= 0.6 is 15.9 Å². The van der Waals surface area contributed by atoms with E-state index in [1.807, 2.05) is 5.32 Å². The number of hydrogen-bond acceptors (Lipinski definition) is 5. The summed E-state index contributed by atoms with van der Waals surface area (Å²) in [7, 11) is 0. The van der Waals surface area contributed by atoms with Crippen LogP contribution in [0.25, 0.3) is 0 Å². The van der Waals surface area contributed by atoms with Gasteiger partial charge in [-0.3, -0.25) is 10.1 Å². The Morgan fingerprint density at radius 1 is 1.14 bits per heavy atom. The first kappa shape index (κ1) is 18.0. The lowest BCUT2D eigenvalue weighted by molar-refractivity contribution is -0.150. The van der Waals surface area contributed by atoms with E-state index in [-0.39, 0.29) is 12.6 Å². The summed E-state index contributed by atoms with van der Waals surface area (Å²) in [5.74, 6) is -0.918. The molecule has 3 amide bonds. The molecule has 0 bridgehead atoms. The van der Waals surface area contributed by atoms with Gasteiger partial charge in [0.05, 0.1) is 0 Å². The van der Waals surface area contributed by atoms with E-state index in [1.165, 1.54) is 0 Å². The first-order valence-corrected chi connectivity index (χ1v) is 7.30. The first-order valence-electron chi connectivity index (χ1n) is 6.51. The van der Waals surface area contributed by atoms with Crippen molar-refractivity contribution in [1.82, 2.24) is 10.6 Å². The highest BCUT2D eigenvalue weighted by atomic mass is 79.9. The smallest absolute Gasteiger partial charge is 0.344 e. The van der Waals surface area contributed by atoms with Crippen molar-refractivity contribution in [3.05, 3.63) is 28.7 Å². The highest BCUT2D eigenvalue weighted by Crippen LogP contribution is 2.15. The van der Waals surface area contributed by atoms with Crippen LogP contribution < -0.4 is 15.4 Å². The zero-order valence-electron chi connectivity index (χ0n) is 12.2. The van der Waals surface area contributed by atoms with E-state index < -0.39 is 24.5 Å². The number of hydrogen-bond donors (Lipinski definition) is 2. The second-order valence-electron chi connectivity index (χ2n) is 4.58. The maximum Gasteiger partial charge on any atom is 0.344 e. The van der Waals surface area contributed by atoms with Crippen molar-refractivity contribution in [1.29, 1.82) is 0 Å². The van der Waals surface area contributed by atoms with Crippen molar-refractivity contribution in [3.63, 3.8) is 0 Å². The fourth-order valence-electron chi connectivity index (χ4n) is 1.32. The van der Waals surface area contributed by atoms with E-state index >= 15 is 0 Å². The maximum atomic E-state index is 11.4. The second-order valence-corrected chi connectivity index (χ2v) is 5.50. The van der Waals surface area contributed by atoms with Gasteiger partial charge in [-0.2, -0.15) is 0 Å². The topological polar surface area (TPSA) is 93.7 Å². The molecule has 1 aromatic rings. The average Bonchev–Trinajstić information content (AvgIpc) is 2.43. The molecule has 0 unspecified atom stereocenters. The van der Waals surface area contributed by atoms with Gasteiger partial charge in [0.25, 0.3) is 5.91 Å². The van der Waals surface area contributed by atoms with E-state index in [1.54, 1.807) is 38.1 Å². The summed E-state index contributed by atoms with van der Waals surface area (Å²) in [6.45, 7) is 2.63. The molecule has 1 aromatic carbocycles. The molecule has 0 aliphatic rings. The molecule has 120 valence electrons. The number of carbonyl (C=O) groups is 3. The lowest BCUT2D eigenvalue weighted by atomic mass is 10.3. The van der Waals surface area contributed by atoms with E-state index in [4.69, 9.17) is 4.74 Å². The highest BCUT2D eigenvalue weighted by molar-refractivity contribution is 9.10. The Balaban J connectivity index is 2.23. The van der Waals surface area contributed by atoms with Crippen LogP contribution in [0.3, 0.4) is 0 Å². The zero-order valence-corrected chi connectivity index (χ0v) is 13.8. The minimum Gasteiger partial charge on any atom is -0.482 e. The molecule has 7 nitrogen and oxygen atoms in total. The third-order valence-electron chi connectivity index (χ3n) is 2.21. The van der Waals surface area contributed by atoms with Crippen LogP contribution in [0.15, 0.2) is 28.7 Å². The van der Waals surface area contributed by atoms with Crippen molar-refractivity contribution in [3.8, 4) is 5.75 Å². The van der Waals surface area contributed by atoms with E-state index in [0.29, 0.717) is 5.75 Å². The van der Waals surface area contributed by atoms with Crippen molar-refractivity contribution >= 4 is 33.8 Å². The van der Waals surface area contributed by atoms with Crippen LogP contribution in [0.1, 0.15) is 13.8 Å². The second kappa shape index (κ2) is 9.04. The fraction of sp³-hybridized carbons (Fsp3) is 0.357. The van der Waals surface area contributed by atoms with E-state index in [9.17, 15) is 14.4 Å². The molecule has 8 heteroatoms. The maximum absolute atomic E-state index is 11.4. The molecule has 0 fully saturated rings. The summed E-state index contributed by atoms with van der Waals surface area (Å²) in [5.41, 5.74) is 0. The van der Waals surface area contributed by atoms with Gasteiger partial charge in [-0.15, -0.1) is 0 Å². The fourth-order valence-corrected chi connectivity index (χ4v) is 1.59. The SMILES string of the molecule is CC(C)NC(=O)NC(=O)COC(=O)COc1ccc(Br)cc1. The molecule has 0 spiro atoms. The van der Waals surface area contributed by atoms with Gasteiger partial charge in [0.15, 0.2) is 13.2 Å². The van der Waals surface area contributed by atoms with Crippen LogP contribution in [0.2, 0.25) is 0 Å². The molecule has 22 heavy (non-hydrogen) atoms. The van der Waals surface area contributed by atoms with Gasteiger partial charge in [-0.25, -0.2) is 9.59 Å². The Morgan fingerprint density at radius 3 is 2.36 bits per heavy atom. The Morgan fingerprint density at radius 2 is 1.77 bits per heavy atom. The summed E-state index contributed by atoms with van der Waals surface area (Å²) in [6.07, 6.45) is 0. The van der Waals surface area contributed by atoms with Gasteiger partial charge in [-0.05, 0) is 38.1 Å². The summed E-state index contributed by atoms with van der Waals surface area (Å²) in [6, 6.07) is 6.15. The van der Waals surface area contributed by atoms with E-state index in [2.05, 4.69) is 26.0 Å². The van der Waals surface area contributed by atoms with Crippen LogP contribution in [0, 0.1) is 0 Å². The predicted molar refractivity (Wildman–Crippen MR) is 82.4 cm³/mol. The van der Waals surface area contributed by atoms with Crippen LogP contribution in [-0.2, 0) is 14.3 Å². The molecule has 0 aliphatic heterocycles. The number of urea groups is 1. The average molecular weight is 373 g/mol. The molecule has 0 atom stereocenters. The number of ether oxygens (including phenoxy) is 2. The lowest BCUT2D eigenvalue weighted by Gasteiger charge is -2.09. The van der Waals surface area contributed by atoms with Crippen LogP contribution in [0.5, 0.6) is 5.75 Å². The number of imide groups is 1. The number of benzene rings is 1. The number of nitrogens with one attached hydrogen (secondary N) is 2. The van der Waals surface area contributed by atoms with Crippen molar-refractivity contribution < 1.29 is 23.9 Å². The minimum absolute atomic E-state index is 0.102. The van der Waals surface area contributed by atoms with Crippen molar-refractivity contribution in [2.45, 2.75) is 19.9 Å². The first-order chi connectivity index (χ1) is 10.4. The lowest BCUT2D eigenvalue weighted by Crippen LogP contribution is -2.44. The summed E-state index contributed by atoms with van der Waals surface area (Å²) < 4.78 is 10.8. The molecular weight excluding hydrogens is 356 g/mol. The quantitative estimate of drug-likeness (QED) is 0.739. The third kappa shape index (κ3) is 7.63. The molecule has 0 radical (unpaired) electrons. The highest BCUT2D eigenvalue weighted by Gasteiger charge is 2.11. The molecule has 0 aliphatic carbocycles. The van der Waals surface area contributed by atoms with Crippen LogP contribution in [-0.4, -0.2) is 37.2 Å². The summed E-state index contributed by atoms with van der Waals surface area (Å²) in [5, 5.41) is 4.51. The Hall–Kier alpha value is -2.09. The molecule has 0 aromatic heterocycles. The molecule has 2 N–H and O–H groups in total. The Bertz CT molecular complexity index is 531. The third-order valence-corrected chi connectivity index (χ3v) is 2.74. The van der Waals surface area contributed by atoms with Gasteiger partial charge in [0.1, 0.15) is 5.75 Å². The van der Waals surface area contributed by atoms with Crippen LogP contribution in [0.4, 0.5) is 4.79 Å². The zero-order chi connectivity index (χ0) is 16.5. The molecule has 0 heterocycles. The molecular formula is C14H17BrN2O5. The number of rotatable bonds is 6. The Kier molecular flexibility index (Phi) is 7.38. The van der Waals surface area contributed by atoms with E-state index in [0.717, 1.165) is 4.47 Å². The standard InChI is InChI=1S/C14H17BrN2O5/c1-9(2)16-14(20)17-12(18)7-22-13(19)8-21-11-5-3-10(15)4-6-11/h3-6,9H,7-8H2,1-2H3,(H2,16,17,18,20). The molecule has 1 rings (SSSR count). The predicted octanol–water partition coefficient (Wildman–Crippen LogP) is 1.61. The normalized spacial score (nSPS) is 10.0. The van der Waals surface area contributed by atoms with Crippen molar-refractivity contribution in [2.24, 2.45) is 0 Å². The number of halogens is 1. The largest absolute Gasteiger partial charge is 0.482 e. The minimum atomic E-state index is -0.713. The Labute approximate surface area is 136 Å². The summed E-state index contributed by atoms with van der Waals surface area (Å²) in [4.78, 5) is 34.0. The van der Waals surface area contributed by atoms with Gasteiger partial charge in [-0.1, -0.05) is 15.9 Å². The number of amides is 3. The summed E-state index contributed by atoms with van der Waals surface area (Å²) >= 11 is 3.28. The number of carbonyl (C=O) groups excluding carboxylic acids is 3.